The third kappa shape index (κ3) is 45.4. The number of nitrogens with zero attached hydrogens (tertiary/aromatic N) is 1. The molecule has 0 bridgehead atoms. The zero-order valence-corrected chi connectivity index (χ0v) is 37.7. The van der Waals surface area contributed by atoms with Gasteiger partial charge in [0.1, 0.15) is 0 Å². The van der Waals surface area contributed by atoms with Crippen LogP contribution in [0.1, 0.15) is 264 Å². The molecule has 2 amide bonds. The summed E-state index contributed by atoms with van der Waals surface area (Å²) in [6, 6.07) is 0. The van der Waals surface area contributed by atoms with Gasteiger partial charge in [-0.3, -0.25) is 9.59 Å². The van der Waals surface area contributed by atoms with Crippen molar-refractivity contribution in [2.45, 2.75) is 264 Å². The van der Waals surface area contributed by atoms with Crippen LogP contribution in [0.15, 0.2) is 0 Å². The molecule has 0 spiro atoms. The van der Waals surface area contributed by atoms with Crippen LogP contribution < -0.4 is 16.4 Å². The summed E-state index contributed by atoms with van der Waals surface area (Å²) in [7, 11) is 0. The molecule has 0 aliphatic heterocycles. The van der Waals surface area contributed by atoms with Crippen LogP contribution in [0.2, 0.25) is 0 Å². The second-order valence-corrected chi connectivity index (χ2v) is 17.2. The molecule has 55 heavy (non-hydrogen) atoms. The smallest absolute Gasteiger partial charge is 0.222 e. The Morgan fingerprint density at radius 3 is 0.891 bits per heavy atom. The van der Waals surface area contributed by atoms with Crippen molar-refractivity contribution in [2.24, 2.45) is 5.73 Å². The quantitative estimate of drug-likeness (QED) is 0.0537. The summed E-state index contributed by atoms with van der Waals surface area (Å²) >= 11 is 0. The second kappa shape index (κ2) is 47.2. The maximum atomic E-state index is 13.2. The number of carbonyl (C=O) groups excluding carboxylic acids is 2. The molecular weight excluding hydrogens is 677 g/mol. The number of nitrogens with two attached hydrogens (primary N) is 1. The van der Waals surface area contributed by atoms with Crippen LogP contribution >= 0.6 is 0 Å². The van der Waals surface area contributed by atoms with Crippen LogP contribution in [0.25, 0.3) is 0 Å². The highest BCUT2D eigenvalue weighted by atomic mass is 16.2. The SMILES string of the molecule is CCCCCCCCCCCCCCCCCCNCCN(CCNCCCCCCCCCCCCCCCCCC)C(=O)CCCCCCCC(N)=O. The molecule has 0 aromatic heterocycles. The molecule has 0 rings (SSSR count). The fourth-order valence-corrected chi connectivity index (χ4v) is 7.90. The molecule has 4 N–H and O–H groups in total. The first-order chi connectivity index (χ1) is 27.1. The number of unbranched alkanes of at least 4 members (excludes halogenated alkanes) is 34. The highest BCUT2D eigenvalue weighted by Gasteiger charge is 2.12. The van der Waals surface area contributed by atoms with Crippen molar-refractivity contribution < 1.29 is 9.59 Å². The maximum absolute atomic E-state index is 13.2. The molecule has 0 unspecified atom stereocenters. The van der Waals surface area contributed by atoms with Crippen molar-refractivity contribution in [1.29, 1.82) is 0 Å². The third-order valence-electron chi connectivity index (χ3n) is 11.7. The molecule has 0 aromatic rings. The lowest BCUT2D eigenvalue weighted by Gasteiger charge is -2.23. The number of hydrogen-bond donors (Lipinski definition) is 3. The number of nitrogens with one attached hydrogen (secondary N) is 2. The Morgan fingerprint density at radius 1 is 0.345 bits per heavy atom. The molecule has 0 aliphatic rings. The number of amides is 2. The van der Waals surface area contributed by atoms with Gasteiger partial charge in [0.25, 0.3) is 0 Å². The van der Waals surface area contributed by atoms with Gasteiger partial charge in [0.15, 0.2) is 0 Å². The average molecular weight is 777 g/mol. The van der Waals surface area contributed by atoms with Gasteiger partial charge in [-0.2, -0.15) is 0 Å². The highest BCUT2D eigenvalue weighted by molar-refractivity contribution is 5.76. The van der Waals surface area contributed by atoms with Gasteiger partial charge in [0, 0.05) is 39.0 Å². The topological polar surface area (TPSA) is 87.5 Å². The van der Waals surface area contributed by atoms with E-state index in [4.69, 9.17) is 5.73 Å². The van der Waals surface area contributed by atoms with Crippen LogP contribution in [0.5, 0.6) is 0 Å². The minimum atomic E-state index is -0.210. The zero-order valence-electron chi connectivity index (χ0n) is 37.7. The van der Waals surface area contributed by atoms with Gasteiger partial charge in [-0.05, 0) is 38.8 Å². The molecule has 0 aliphatic carbocycles. The van der Waals surface area contributed by atoms with Crippen molar-refractivity contribution in [3.63, 3.8) is 0 Å². The minimum absolute atomic E-state index is 0.210. The van der Waals surface area contributed by atoms with Gasteiger partial charge in [0.05, 0.1) is 0 Å². The van der Waals surface area contributed by atoms with Crippen LogP contribution in [0, 0.1) is 0 Å². The van der Waals surface area contributed by atoms with Crippen molar-refractivity contribution >= 4 is 11.8 Å². The van der Waals surface area contributed by atoms with E-state index in [1.54, 1.807) is 0 Å². The van der Waals surface area contributed by atoms with E-state index in [0.29, 0.717) is 18.7 Å². The fourth-order valence-electron chi connectivity index (χ4n) is 7.90. The Bertz CT molecular complexity index is 721. The van der Waals surface area contributed by atoms with Crippen molar-refractivity contribution in [3.8, 4) is 0 Å². The van der Waals surface area contributed by atoms with E-state index in [2.05, 4.69) is 29.4 Å². The molecular formula is C49H100N4O2. The minimum Gasteiger partial charge on any atom is -0.370 e. The molecule has 0 heterocycles. The first-order valence-corrected chi connectivity index (χ1v) is 25.1. The molecule has 0 atom stereocenters. The summed E-state index contributed by atoms with van der Waals surface area (Å²) in [6.07, 6.45) is 50.9. The average Bonchev–Trinajstić information content (AvgIpc) is 3.18. The second-order valence-electron chi connectivity index (χ2n) is 17.2. The molecule has 0 saturated heterocycles. The van der Waals surface area contributed by atoms with Crippen molar-refractivity contribution in [1.82, 2.24) is 15.5 Å². The monoisotopic (exact) mass is 777 g/mol. The summed E-state index contributed by atoms with van der Waals surface area (Å²) in [5.74, 6) is 0.0863. The van der Waals surface area contributed by atoms with E-state index in [1.165, 1.54) is 205 Å². The Balaban J connectivity index is 3.94. The van der Waals surface area contributed by atoms with Crippen LogP contribution in [-0.2, 0) is 9.59 Å². The van der Waals surface area contributed by atoms with Gasteiger partial charge in [-0.15, -0.1) is 0 Å². The molecule has 6 heteroatoms. The van der Waals surface area contributed by atoms with Gasteiger partial charge in [-0.25, -0.2) is 0 Å². The Kier molecular flexibility index (Phi) is 46.3. The molecule has 0 aromatic carbocycles. The summed E-state index contributed by atoms with van der Waals surface area (Å²) in [5.41, 5.74) is 5.26. The summed E-state index contributed by atoms with van der Waals surface area (Å²) in [4.78, 5) is 26.2. The van der Waals surface area contributed by atoms with Gasteiger partial charge >= 0.3 is 0 Å². The standard InChI is InChI=1S/C49H100N4O2/c1-3-5-7-9-11-13-15-17-19-21-23-25-27-29-34-38-42-51-44-46-53(49(55)41-37-33-31-32-36-40-48(50)54)47-45-52-43-39-35-30-28-26-24-22-20-18-16-14-12-10-8-6-4-2/h51-52H,3-47H2,1-2H3,(H2,50,54). The molecule has 0 radical (unpaired) electrons. The first kappa shape index (κ1) is 53.9. The van der Waals surface area contributed by atoms with E-state index in [9.17, 15) is 9.59 Å². The lowest BCUT2D eigenvalue weighted by molar-refractivity contribution is -0.131. The first-order valence-electron chi connectivity index (χ1n) is 25.1. The summed E-state index contributed by atoms with van der Waals surface area (Å²) in [5, 5.41) is 7.26. The maximum Gasteiger partial charge on any atom is 0.222 e. The van der Waals surface area contributed by atoms with Crippen LogP contribution in [0.4, 0.5) is 0 Å². The molecule has 6 nitrogen and oxygen atoms in total. The van der Waals surface area contributed by atoms with E-state index in [1.807, 2.05) is 0 Å². The van der Waals surface area contributed by atoms with Crippen molar-refractivity contribution in [3.05, 3.63) is 0 Å². The number of rotatable bonds is 48. The number of hydrogen-bond acceptors (Lipinski definition) is 4. The lowest BCUT2D eigenvalue weighted by Crippen LogP contribution is -2.41. The molecule has 0 fully saturated rings. The van der Waals surface area contributed by atoms with E-state index < -0.39 is 0 Å². The summed E-state index contributed by atoms with van der Waals surface area (Å²) < 4.78 is 0. The van der Waals surface area contributed by atoms with Gasteiger partial charge < -0.3 is 21.3 Å². The Hall–Kier alpha value is -1.14. The van der Waals surface area contributed by atoms with Crippen LogP contribution in [0.3, 0.4) is 0 Å². The molecule has 0 saturated carbocycles. The largest absolute Gasteiger partial charge is 0.370 e. The predicted octanol–water partition coefficient (Wildman–Crippen LogP) is 13.7. The third-order valence-corrected chi connectivity index (χ3v) is 11.7. The van der Waals surface area contributed by atoms with Gasteiger partial charge in [0.2, 0.25) is 11.8 Å². The number of carbonyl (C=O) groups is 2. The van der Waals surface area contributed by atoms with Crippen LogP contribution in [-0.4, -0.2) is 56.0 Å². The predicted molar refractivity (Wildman–Crippen MR) is 243 cm³/mol. The summed E-state index contributed by atoms with van der Waals surface area (Å²) in [6.45, 7) is 10.1. The van der Waals surface area contributed by atoms with E-state index >= 15 is 0 Å². The van der Waals surface area contributed by atoms with Crippen molar-refractivity contribution in [2.75, 3.05) is 39.3 Å². The zero-order chi connectivity index (χ0) is 40.0. The van der Waals surface area contributed by atoms with Gasteiger partial charge in [-0.1, -0.05) is 226 Å². The highest BCUT2D eigenvalue weighted by Crippen LogP contribution is 2.15. The van der Waals surface area contributed by atoms with E-state index in [-0.39, 0.29) is 5.91 Å². The lowest BCUT2D eigenvalue weighted by atomic mass is 10.0. The Labute approximate surface area is 345 Å². The number of primary amides is 1. The normalized spacial score (nSPS) is 11.5. The van der Waals surface area contributed by atoms with E-state index in [0.717, 1.165) is 71.4 Å². The Morgan fingerprint density at radius 2 is 0.600 bits per heavy atom. The fraction of sp³-hybridized carbons (Fsp3) is 0.959. The molecule has 328 valence electrons.